The van der Waals surface area contributed by atoms with Crippen LogP contribution in [-0.2, 0) is 6.54 Å². The summed E-state index contributed by atoms with van der Waals surface area (Å²) >= 11 is 0. The third-order valence-corrected chi connectivity index (χ3v) is 6.76. The van der Waals surface area contributed by atoms with Crippen molar-refractivity contribution in [1.29, 1.82) is 0 Å². The lowest BCUT2D eigenvalue weighted by Gasteiger charge is -2.36. The molecule has 1 N–H and O–H groups in total. The molecular weight excluding hydrogens is 539 g/mol. The average Bonchev–Trinajstić information content (AvgIpc) is 3.19. The number of alkyl halides is 3. The first-order valence-electron chi connectivity index (χ1n) is 13.1. The van der Waals surface area contributed by atoms with E-state index in [1.54, 1.807) is 10.8 Å². The Morgan fingerprint density at radius 3 is 2.39 bits per heavy atom. The summed E-state index contributed by atoms with van der Waals surface area (Å²) in [4.78, 5) is 37.9. The van der Waals surface area contributed by atoms with Crippen LogP contribution in [0.3, 0.4) is 0 Å². The normalized spacial score (nSPS) is 14.6. The Morgan fingerprint density at radius 1 is 1.05 bits per heavy atom. The van der Waals surface area contributed by atoms with Crippen LogP contribution in [0.1, 0.15) is 19.9 Å². The van der Waals surface area contributed by atoms with Gasteiger partial charge in [0.05, 0.1) is 19.1 Å². The molecule has 41 heavy (non-hydrogen) atoms. The smallest absolute Gasteiger partial charge is 0.369 e. The summed E-state index contributed by atoms with van der Waals surface area (Å²) in [5.41, 5.74) is 1.32. The van der Waals surface area contributed by atoms with Crippen LogP contribution < -0.4 is 21.3 Å². The lowest BCUT2D eigenvalue weighted by molar-refractivity contribution is -0.146. The number of piperazine rings is 1. The molecule has 1 saturated heterocycles. The van der Waals surface area contributed by atoms with Gasteiger partial charge in [-0.25, -0.2) is 19.0 Å². The molecule has 1 fully saturated rings. The summed E-state index contributed by atoms with van der Waals surface area (Å²) in [7, 11) is 0. The van der Waals surface area contributed by atoms with Crippen molar-refractivity contribution in [3.05, 3.63) is 76.0 Å². The fourth-order valence-electron chi connectivity index (χ4n) is 4.81. The Kier molecular flexibility index (Phi) is 7.67. The number of fused-ring (bicyclic) bond motifs is 1. The Labute approximate surface area is 233 Å². The van der Waals surface area contributed by atoms with Crippen LogP contribution in [0.25, 0.3) is 16.9 Å². The van der Waals surface area contributed by atoms with Gasteiger partial charge in [-0.1, -0.05) is 6.08 Å². The molecule has 0 bridgehead atoms. The third kappa shape index (κ3) is 6.01. The maximum Gasteiger partial charge on any atom is 0.401 e. The summed E-state index contributed by atoms with van der Waals surface area (Å²) in [6, 6.07) is 10.2. The van der Waals surface area contributed by atoms with Gasteiger partial charge in [-0.2, -0.15) is 18.2 Å². The van der Waals surface area contributed by atoms with Gasteiger partial charge in [0.15, 0.2) is 11.5 Å². The number of hydrogen-bond donors (Lipinski definition) is 1. The van der Waals surface area contributed by atoms with Crippen LogP contribution in [0.4, 0.5) is 30.5 Å². The van der Waals surface area contributed by atoms with Crippen LogP contribution in [-0.4, -0.2) is 72.9 Å². The van der Waals surface area contributed by atoms with Crippen LogP contribution >= 0.6 is 0 Å². The van der Waals surface area contributed by atoms with Gasteiger partial charge in [0, 0.05) is 49.8 Å². The molecule has 0 amide bonds. The van der Waals surface area contributed by atoms with Gasteiger partial charge < -0.3 is 10.2 Å². The Bertz CT molecular complexity index is 1660. The molecule has 1 aromatic carbocycles. The van der Waals surface area contributed by atoms with Crippen molar-refractivity contribution in [3.63, 3.8) is 0 Å². The zero-order valence-electron chi connectivity index (χ0n) is 22.7. The number of nitrogens with one attached hydrogen (secondary N) is 1. The number of hydrogen-bond acceptors (Lipinski definition) is 8. The number of rotatable bonds is 8. The number of halogens is 3. The molecule has 0 unspecified atom stereocenters. The molecular formula is C27H30F3N9O2. The predicted molar refractivity (Wildman–Crippen MR) is 150 cm³/mol. The fraction of sp³-hybridized carbons (Fsp3) is 0.370. The van der Waals surface area contributed by atoms with Gasteiger partial charge in [0.2, 0.25) is 5.95 Å². The Balaban J connectivity index is 1.40. The molecule has 0 spiro atoms. The quantitative estimate of drug-likeness (QED) is 0.322. The van der Waals surface area contributed by atoms with E-state index in [-0.39, 0.29) is 35.0 Å². The standard InChI is InChI=1S/C27H30F3N9O2/c1-4-11-37-25(41)21-16-31-26(33-24(21)39(37)22-9-10-23(40)38(34-22)18(2)3)32-19-5-7-20(8-6-19)36-14-12-35(13-15-36)17-27(28,29)30/h4-10,16,18H,1,11-15,17H2,2-3H3,(H,31,32,33). The van der Waals surface area contributed by atoms with E-state index in [0.717, 1.165) is 5.69 Å². The molecule has 11 nitrogen and oxygen atoms in total. The van der Waals surface area contributed by atoms with Crippen molar-refractivity contribution in [2.24, 2.45) is 0 Å². The lowest BCUT2D eigenvalue weighted by atomic mass is 10.2. The second kappa shape index (κ2) is 11.2. The van der Waals surface area contributed by atoms with Crippen molar-refractivity contribution in [1.82, 2.24) is 34.0 Å². The molecule has 1 aliphatic heterocycles. The summed E-state index contributed by atoms with van der Waals surface area (Å²) in [6.45, 7) is 8.39. The molecule has 3 aromatic heterocycles. The number of anilines is 3. The number of aromatic nitrogens is 6. The SMILES string of the molecule is C=CCn1c(=O)c2cnc(Nc3ccc(N4CCN(CC(F)(F)F)CC4)cc3)nc2n1-c1ccc(=O)n(C(C)C)n1. The molecule has 216 valence electrons. The highest BCUT2D eigenvalue weighted by Gasteiger charge is 2.32. The monoisotopic (exact) mass is 569 g/mol. The maximum absolute atomic E-state index is 13.2. The maximum atomic E-state index is 13.2. The summed E-state index contributed by atoms with van der Waals surface area (Å²) in [5, 5.41) is 7.89. The molecule has 0 atom stereocenters. The molecule has 0 saturated carbocycles. The van der Waals surface area contributed by atoms with Crippen LogP contribution in [0.2, 0.25) is 0 Å². The van der Waals surface area contributed by atoms with E-state index >= 15 is 0 Å². The topological polar surface area (TPSA) is 106 Å². The van der Waals surface area contributed by atoms with E-state index in [4.69, 9.17) is 0 Å². The van der Waals surface area contributed by atoms with E-state index in [9.17, 15) is 22.8 Å². The Morgan fingerprint density at radius 2 is 1.76 bits per heavy atom. The van der Waals surface area contributed by atoms with Gasteiger partial charge in [-0.05, 0) is 44.2 Å². The molecule has 0 radical (unpaired) electrons. The minimum Gasteiger partial charge on any atom is -0.369 e. The minimum atomic E-state index is -4.20. The summed E-state index contributed by atoms with van der Waals surface area (Å²) in [5.74, 6) is 0.587. The largest absolute Gasteiger partial charge is 0.401 e. The van der Waals surface area contributed by atoms with Crippen molar-refractivity contribution in [2.75, 3.05) is 42.9 Å². The van der Waals surface area contributed by atoms with Crippen LogP contribution in [0, 0.1) is 0 Å². The number of benzene rings is 1. The minimum absolute atomic E-state index is 0.187. The summed E-state index contributed by atoms with van der Waals surface area (Å²) < 4.78 is 42.4. The molecule has 1 aliphatic rings. The number of allylic oxidation sites excluding steroid dienone is 1. The first-order chi connectivity index (χ1) is 19.5. The second-order valence-electron chi connectivity index (χ2n) is 10.0. The van der Waals surface area contributed by atoms with Gasteiger partial charge in [0.25, 0.3) is 11.1 Å². The predicted octanol–water partition coefficient (Wildman–Crippen LogP) is 3.33. The second-order valence-corrected chi connectivity index (χ2v) is 10.0. The van der Waals surface area contributed by atoms with Crippen LogP contribution in [0.15, 0.2) is 64.8 Å². The average molecular weight is 570 g/mol. The third-order valence-electron chi connectivity index (χ3n) is 6.76. The van der Waals surface area contributed by atoms with Crippen molar-refractivity contribution in [2.45, 2.75) is 32.6 Å². The van der Waals surface area contributed by atoms with E-state index in [1.807, 2.05) is 43.0 Å². The van der Waals surface area contributed by atoms with Gasteiger partial charge >= 0.3 is 6.18 Å². The lowest BCUT2D eigenvalue weighted by Crippen LogP contribution is -2.49. The van der Waals surface area contributed by atoms with E-state index in [2.05, 4.69) is 27.0 Å². The molecule has 0 aliphatic carbocycles. The highest BCUT2D eigenvalue weighted by Crippen LogP contribution is 2.24. The first-order valence-corrected chi connectivity index (χ1v) is 13.1. The van der Waals surface area contributed by atoms with Gasteiger partial charge in [-0.15, -0.1) is 11.7 Å². The van der Waals surface area contributed by atoms with E-state index < -0.39 is 12.7 Å². The fourth-order valence-corrected chi connectivity index (χ4v) is 4.81. The highest BCUT2D eigenvalue weighted by molar-refractivity contribution is 5.77. The van der Waals surface area contributed by atoms with Gasteiger partial charge in [0.1, 0.15) is 5.39 Å². The van der Waals surface area contributed by atoms with Crippen LogP contribution in [0.5, 0.6) is 0 Å². The van der Waals surface area contributed by atoms with Crippen molar-refractivity contribution >= 4 is 28.4 Å². The summed E-state index contributed by atoms with van der Waals surface area (Å²) in [6.07, 6.45) is -1.17. The molecule has 5 rings (SSSR count). The van der Waals surface area contributed by atoms with Crippen molar-refractivity contribution < 1.29 is 13.2 Å². The highest BCUT2D eigenvalue weighted by atomic mass is 19.4. The van der Waals surface area contributed by atoms with E-state index in [1.165, 1.54) is 32.6 Å². The van der Waals surface area contributed by atoms with E-state index in [0.29, 0.717) is 43.3 Å². The molecule has 14 heteroatoms. The Hall–Kier alpha value is -4.46. The first kappa shape index (κ1) is 28.1. The van der Waals surface area contributed by atoms with Crippen molar-refractivity contribution in [3.8, 4) is 5.82 Å². The zero-order valence-corrected chi connectivity index (χ0v) is 22.7. The van der Waals surface area contributed by atoms with Gasteiger partial charge in [-0.3, -0.25) is 14.5 Å². The number of nitrogens with zero attached hydrogens (tertiary/aromatic N) is 8. The zero-order chi connectivity index (χ0) is 29.3. The molecule has 4 heterocycles. The molecule has 4 aromatic rings.